The maximum Gasteiger partial charge on any atom is 0.255 e. The van der Waals surface area contributed by atoms with Crippen LogP contribution in [0.3, 0.4) is 0 Å². The number of hydrogen-bond donors (Lipinski definition) is 3. The van der Waals surface area contributed by atoms with E-state index in [0.717, 1.165) is 16.5 Å². The van der Waals surface area contributed by atoms with Crippen molar-refractivity contribution in [3.63, 3.8) is 0 Å². The fraction of sp³-hybridized carbons (Fsp3) is 0.533. The third-order valence-electron chi connectivity index (χ3n) is 3.21. The third-order valence-corrected chi connectivity index (χ3v) is 3.95. The number of aliphatic hydroxyl groups excluding tert-OH is 1. The molecule has 0 spiro atoms. The molecule has 22 heavy (non-hydrogen) atoms. The molecule has 0 aliphatic carbocycles. The quantitative estimate of drug-likeness (QED) is 0.555. The summed E-state index contributed by atoms with van der Waals surface area (Å²) in [6.45, 7) is 5.07. The van der Waals surface area contributed by atoms with Crippen LogP contribution in [0.1, 0.15) is 25.8 Å². The van der Waals surface area contributed by atoms with Gasteiger partial charge in [-0.15, -0.1) is 0 Å². The van der Waals surface area contributed by atoms with E-state index in [2.05, 4.69) is 21.2 Å². The summed E-state index contributed by atoms with van der Waals surface area (Å²) in [5.74, 6) is 0.516. The van der Waals surface area contributed by atoms with Crippen molar-refractivity contribution in [2.75, 3.05) is 19.8 Å². The van der Waals surface area contributed by atoms with Crippen LogP contribution in [0.5, 0.6) is 11.5 Å². The fourth-order valence-corrected chi connectivity index (χ4v) is 2.41. The predicted molar refractivity (Wildman–Crippen MR) is 86.8 cm³/mol. The van der Waals surface area contributed by atoms with E-state index in [9.17, 15) is 9.90 Å². The average molecular weight is 376 g/mol. The Morgan fingerprint density at radius 2 is 2.05 bits per heavy atom. The van der Waals surface area contributed by atoms with E-state index < -0.39 is 5.91 Å². The summed E-state index contributed by atoms with van der Waals surface area (Å²) in [4.78, 5) is 10.9. The molecule has 0 aromatic heterocycles. The Morgan fingerprint density at radius 3 is 2.59 bits per heavy atom. The average Bonchev–Trinajstić information content (AvgIpc) is 2.49. The molecule has 0 saturated heterocycles. The smallest absolute Gasteiger partial charge is 0.255 e. The first kappa shape index (κ1) is 18.7. The van der Waals surface area contributed by atoms with Crippen molar-refractivity contribution in [2.24, 2.45) is 5.73 Å². The van der Waals surface area contributed by atoms with Crippen LogP contribution in [0.2, 0.25) is 0 Å². The molecular weight excluding hydrogens is 352 g/mol. The number of aliphatic hydroxyl groups is 1. The summed E-state index contributed by atoms with van der Waals surface area (Å²) in [6, 6.07) is 3.83. The van der Waals surface area contributed by atoms with Crippen LogP contribution in [0.4, 0.5) is 0 Å². The number of amides is 1. The van der Waals surface area contributed by atoms with E-state index in [1.807, 2.05) is 19.9 Å². The third kappa shape index (κ3) is 5.82. The van der Waals surface area contributed by atoms with Crippen LogP contribution >= 0.6 is 15.9 Å². The van der Waals surface area contributed by atoms with Crippen LogP contribution in [-0.2, 0) is 11.3 Å². The largest absolute Gasteiger partial charge is 0.490 e. The topological polar surface area (TPSA) is 98.4 Å². The molecule has 0 fully saturated rings. The number of rotatable bonds is 10. The number of halogens is 1. The Labute approximate surface area is 139 Å². The summed E-state index contributed by atoms with van der Waals surface area (Å²) in [5, 5.41) is 11.3. The zero-order chi connectivity index (χ0) is 16.5. The van der Waals surface area contributed by atoms with Crippen molar-refractivity contribution in [2.45, 2.75) is 32.9 Å². The fourth-order valence-electron chi connectivity index (χ4n) is 1.93. The first-order valence-electron chi connectivity index (χ1n) is 7.32. The van der Waals surface area contributed by atoms with Gasteiger partial charge >= 0.3 is 0 Å². The molecule has 0 radical (unpaired) electrons. The molecule has 1 amide bonds. The molecule has 0 heterocycles. The molecule has 0 aliphatic heterocycles. The van der Waals surface area contributed by atoms with Gasteiger partial charge in [-0.25, -0.2) is 0 Å². The molecule has 0 saturated carbocycles. The summed E-state index contributed by atoms with van der Waals surface area (Å²) < 4.78 is 11.8. The molecule has 0 bridgehead atoms. The molecule has 1 atom stereocenters. The van der Waals surface area contributed by atoms with Crippen molar-refractivity contribution < 1.29 is 24.7 Å². The minimum Gasteiger partial charge on any atom is -0.490 e. The van der Waals surface area contributed by atoms with E-state index in [0.29, 0.717) is 24.7 Å². The van der Waals surface area contributed by atoms with Gasteiger partial charge in [-0.2, -0.15) is 0 Å². The molecule has 0 unspecified atom stereocenters. The maximum absolute atomic E-state index is 10.9. The zero-order valence-electron chi connectivity index (χ0n) is 13.0. The second kappa shape index (κ2) is 9.66. The Bertz CT molecular complexity index is 493. The maximum atomic E-state index is 10.9. The molecule has 1 aromatic carbocycles. The lowest BCUT2D eigenvalue weighted by molar-refractivity contribution is -0.706. The van der Waals surface area contributed by atoms with Gasteiger partial charge in [-0.1, -0.05) is 22.9 Å². The highest BCUT2D eigenvalue weighted by atomic mass is 79.9. The van der Waals surface area contributed by atoms with Crippen molar-refractivity contribution in [1.82, 2.24) is 0 Å². The van der Waals surface area contributed by atoms with Gasteiger partial charge in [0.15, 0.2) is 18.1 Å². The number of quaternary nitrogens is 1. The molecule has 124 valence electrons. The summed E-state index contributed by atoms with van der Waals surface area (Å²) in [5.41, 5.74) is 6.13. The highest BCUT2D eigenvalue weighted by molar-refractivity contribution is 9.10. The molecular formula is C15H24BrN2O4+. The first-order chi connectivity index (χ1) is 10.5. The van der Waals surface area contributed by atoms with Crippen LogP contribution in [0, 0.1) is 0 Å². The van der Waals surface area contributed by atoms with E-state index in [1.165, 1.54) is 0 Å². The van der Waals surface area contributed by atoms with Gasteiger partial charge in [0, 0.05) is 10.0 Å². The molecule has 1 aromatic rings. The lowest BCUT2D eigenvalue weighted by Gasteiger charge is -2.15. The minimum atomic E-state index is -0.537. The van der Waals surface area contributed by atoms with Gasteiger partial charge in [0.1, 0.15) is 12.6 Å². The Hall–Kier alpha value is -1.31. The summed E-state index contributed by atoms with van der Waals surface area (Å²) in [6.07, 6.45) is 0.895. The summed E-state index contributed by atoms with van der Waals surface area (Å²) in [7, 11) is 0. The van der Waals surface area contributed by atoms with Gasteiger partial charge in [0.25, 0.3) is 5.91 Å². The first-order valence-corrected chi connectivity index (χ1v) is 8.11. The van der Waals surface area contributed by atoms with Crippen LogP contribution < -0.4 is 20.5 Å². The zero-order valence-corrected chi connectivity index (χ0v) is 14.6. The van der Waals surface area contributed by atoms with Crippen LogP contribution in [0.25, 0.3) is 0 Å². The van der Waals surface area contributed by atoms with E-state index in [1.54, 1.807) is 6.07 Å². The number of ether oxygens (including phenoxy) is 2. The molecule has 7 heteroatoms. The number of benzene rings is 1. The van der Waals surface area contributed by atoms with Crippen molar-refractivity contribution in [3.05, 3.63) is 22.2 Å². The minimum absolute atomic E-state index is 0.145. The van der Waals surface area contributed by atoms with E-state index in [-0.39, 0.29) is 19.3 Å². The number of carbonyl (C=O) groups excluding carboxylic acids is 1. The second-order valence-corrected chi connectivity index (χ2v) is 5.72. The van der Waals surface area contributed by atoms with Gasteiger partial charge in [0.2, 0.25) is 0 Å². The molecule has 1 rings (SSSR count). The standard InChI is InChI=1S/C15H23BrN2O4/c1-3-11(8-19)18-7-10-5-13(21-4-2)14(6-12(10)16)22-9-15(17)20/h5-6,11,18-19H,3-4,7-9H2,1-2H3,(H2,17,20)/p+1/t11-/m0/s1. The summed E-state index contributed by atoms with van der Waals surface area (Å²) >= 11 is 3.50. The number of nitrogens with two attached hydrogens (primary N) is 2. The molecule has 5 N–H and O–H groups in total. The highest BCUT2D eigenvalue weighted by Crippen LogP contribution is 2.33. The van der Waals surface area contributed by atoms with Gasteiger partial charge in [0.05, 0.1) is 13.2 Å². The van der Waals surface area contributed by atoms with Crippen molar-refractivity contribution in [1.29, 1.82) is 0 Å². The number of primary amides is 1. The lowest BCUT2D eigenvalue weighted by atomic mass is 10.1. The predicted octanol–water partition coefficient (Wildman–Crippen LogP) is 0.546. The normalized spacial score (nSPS) is 12.0. The Balaban J connectivity index is 2.90. The highest BCUT2D eigenvalue weighted by Gasteiger charge is 2.14. The van der Waals surface area contributed by atoms with Gasteiger partial charge in [-0.05, 0) is 25.5 Å². The van der Waals surface area contributed by atoms with Crippen LogP contribution in [0.15, 0.2) is 16.6 Å². The number of carbonyl (C=O) groups is 1. The van der Waals surface area contributed by atoms with Crippen molar-refractivity contribution in [3.8, 4) is 11.5 Å². The SMILES string of the molecule is CCOc1cc(C[NH2+][C@@H](CC)CO)c(Br)cc1OCC(N)=O. The molecule has 6 nitrogen and oxygen atoms in total. The van der Waals surface area contributed by atoms with Gasteiger partial charge in [-0.3, -0.25) is 4.79 Å². The van der Waals surface area contributed by atoms with Crippen LogP contribution in [-0.4, -0.2) is 36.9 Å². The molecule has 0 aliphatic rings. The van der Waals surface area contributed by atoms with Crippen molar-refractivity contribution >= 4 is 21.8 Å². The Kier molecular flexibility index (Phi) is 8.22. The van der Waals surface area contributed by atoms with E-state index >= 15 is 0 Å². The lowest BCUT2D eigenvalue weighted by Crippen LogP contribution is -2.89. The monoisotopic (exact) mass is 375 g/mol. The number of hydrogen-bond acceptors (Lipinski definition) is 4. The Morgan fingerprint density at radius 1 is 1.36 bits per heavy atom. The van der Waals surface area contributed by atoms with Gasteiger partial charge < -0.3 is 25.6 Å². The second-order valence-electron chi connectivity index (χ2n) is 4.87. The van der Waals surface area contributed by atoms with E-state index in [4.69, 9.17) is 15.2 Å².